The van der Waals surface area contributed by atoms with Gasteiger partial charge in [0.25, 0.3) is 5.91 Å². The van der Waals surface area contributed by atoms with E-state index < -0.39 is 18.5 Å². The summed E-state index contributed by atoms with van der Waals surface area (Å²) in [6, 6.07) is 12.6. The molecule has 1 aliphatic rings. The minimum Gasteiger partial charge on any atom is -0.497 e. The third-order valence-electron chi connectivity index (χ3n) is 8.01. The van der Waals surface area contributed by atoms with Crippen LogP contribution in [0.2, 0.25) is 0 Å². The summed E-state index contributed by atoms with van der Waals surface area (Å²) in [4.78, 5) is 35.2. The second kappa shape index (κ2) is 16.4. The Hall–Kier alpha value is -5.31. The van der Waals surface area contributed by atoms with Crippen LogP contribution in [0.4, 0.5) is 20.2 Å². The average Bonchev–Trinajstić information content (AvgIpc) is 3.50. The molecule has 2 aromatic carbocycles. The molecule has 50 heavy (non-hydrogen) atoms. The van der Waals surface area contributed by atoms with Crippen LogP contribution in [-0.4, -0.2) is 90.3 Å². The van der Waals surface area contributed by atoms with Crippen LogP contribution >= 0.6 is 0 Å². The van der Waals surface area contributed by atoms with Crippen molar-refractivity contribution in [3.05, 3.63) is 77.2 Å². The topological polar surface area (TPSA) is 133 Å². The van der Waals surface area contributed by atoms with Gasteiger partial charge in [-0.1, -0.05) is 31.2 Å². The lowest BCUT2D eigenvalue weighted by molar-refractivity contribution is -0.0534. The fourth-order valence-electron chi connectivity index (χ4n) is 5.33. The van der Waals surface area contributed by atoms with Crippen LogP contribution < -0.4 is 24.4 Å². The fraction of sp³-hybridized carbons (Fsp3) is 0.400. The Labute approximate surface area is 289 Å². The monoisotopic (exact) mass is 693 g/mol. The van der Waals surface area contributed by atoms with Crippen LogP contribution in [0.5, 0.6) is 17.4 Å². The number of ether oxygens (including phenoxy) is 4. The molecule has 5 rings (SSSR count). The van der Waals surface area contributed by atoms with Crippen LogP contribution in [0, 0.1) is 12.8 Å². The number of hydrogen-bond acceptors (Lipinski definition) is 11. The SMILES string of the molecule is COc1ccc(COC(=O)c2cn(-c3ccc(N4CCCN(C)CC4)c(NC(=O)c4cnc(OC(F)F)c(C)c4OCC(C)C)c3)nn2)cc1. The summed E-state index contributed by atoms with van der Waals surface area (Å²) >= 11 is 0. The second-order valence-corrected chi connectivity index (χ2v) is 12.3. The van der Waals surface area contributed by atoms with Crippen LogP contribution in [0.1, 0.15) is 52.2 Å². The first kappa shape index (κ1) is 36.0. The Balaban J connectivity index is 1.43. The van der Waals surface area contributed by atoms with E-state index in [0.29, 0.717) is 17.1 Å². The summed E-state index contributed by atoms with van der Waals surface area (Å²) in [5.74, 6) is -0.649. The van der Waals surface area contributed by atoms with Crippen molar-refractivity contribution in [2.45, 2.75) is 40.4 Å². The number of nitrogens with zero attached hydrogens (tertiary/aromatic N) is 6. The van der Waals surface area contributed by atoms with Crippen LogP contribution in [0.3, 0.4) is 0 Å². The fourth-order valence-corrected chi connectivity index (χ4v) is 5.33. The minimum absolute atomic E-state index is 0.00308. The molecule has 1 saturated heterocycles. The molecule has 0 bridgehead atoms. The van der Waals surface area contributed by atoms with Crippen LogP contribution in [0.15, 0.2) is 54.9 Å². The smallest absolute Gasteiger partial charge is 0.388 e. The van der Waals surface area contributed by atoms with Crippen molar-refractivity contribution in [2.75, 3.05) is 57.2 Å². The Morgan fingerprint density at radius 1 is 1.04 bits per heavy atom. The zero-order valence-electron chi connectivity index (χ0n) is 28.7. The van der Waals surface area contributed by atoms with E-state index >= 15 is 0 Å². The van der Waals surface area contributed by atoms with Crippen molar-refractivity contribution >= 4 is 23.3 Å². The highest BCUT2D eigenvalue weighted by Gasteiger charge is 2.24. The van der Waals surface area contributed by atoms with Gasteiger partial charge in [-0.15, -0.1) is 5.10 Å². The van der Waals surface area contributed by atoms with Gasteiger partial charge in [0.05, 0.1) is 42.5 Å². The van der Waals surface area contributed by atoms with Gasteiger partial charge in [-0.3, -0.25) is 4.79 Å². The van der Waals surface area contributed by atoms with E-state index in [1.807, 2.05) is 26.0 Å². The van der Waals surface area contributed by atoms with Crippen molar-refractivity contribution in [2.24, 2.45) is 5.92 Å². The van der Waals surface area contributed by atoms with Gasteiger partial charge in [0.2, 0.25) is 5.88 Å². The number of rotatable bonds is 13. The molecular weight excluding hydrogens is 652 g/mol. The van der Waals surface area contributed by atoms with Gasteiger partial charge in [-0.2, -0.15) is 8.78 Å². The van der Waals surface area contributed by atoms with Gasteiger partial charge < -0.3 is 34.1 Å². The number of anilines is 2. The molecule has 3 heterocycles. The summed E-state index contributed by atoms with van der Waals surface area (Å²) in [5.41, 5.74) is 2.76. The van der Waals surface area contributed by atoms with E-state index in [2.05, 4.69) is 42.2 Å². The molecule has 266 valence electrons. The van der Waals surface area contributed by atoms with Gasteiger partial charge in [-0.25, -0.2) is 14.5 Å². The number of nitrogens with one attached hydrogen (secondary N) is 1. The number of likely N-dealkylation sites (N-methyl/N-ethyl adjacent to an activating group) is 1. The molecule has 0 spiro atoms. The van der Waals surface area contributed by atoms with E-state index in [0.717, 1.165) is 43.9 Å². The highest BCUT2D eigenvalue weighted by molar-refractivity contribution is 6.08. The molecule has 1 aliphatic heterocycles. The van der Waals surface area contributed by atoms with E-state index in [4.69, 9.17) is 14.2 Å². The summed E-state index contributed by atoms with van der Waals surface area (Å²) in [5, 5.41) is 11.1. The van der Waals surface area contributed by atoms with Gasteiger partial charge in [0, 0.05) is 25.8 Å². The predicted octanol–water partition coefficient (Wildman–Crippen LogP) is 5.37. The van der Waals surface area contributed by atoms with Gasteiger partial charge in [-0.05, 0) is 68.8 Å². The Morgan fingerprint density at radius 3 is 2.54 bits per heavy atom. The van der Waals surface area contributed by atoms with Crippen molar-refractivity contribution in [3.8, 4) is 23.1 Å². The molecule has 0 atom stereocenters. The highest BCUT2D eigenvalue weighted by Crippen LogP contribution is 2.34. The van der Waals surface area contributed by atoms with Crippen LogP contribution in [0.25, 0.3) is 5.69 Å². The number of aromatic nitrogens is 4. The third-order valence-corrected chi connectivity index (χ3v) is 8.01. The van der Waals surface area contributed by atoms with E-state index in [1.54, 1.807) is 37.4 Å². The molecule has 1 amide bonds. The number of halogens is 2. The third kappa shape index (κ3) is 9.02. The maximum Gasteiger partial charge on any atom is 0.388 e. The molecule has 13 nitrogen and oxygen atoms in total. The highest BCUT2D eigenvalue weighted by atomic mass is 19.3. The first-order chi connectivity index (χ1) is 24.0. The number of amides is 1. The van der Waals surface area contributed by atoms with Crippen molar-refractivity contribution < 1.29 is 37.3 Å². The van der Waals surface area contributed by atoms with E-state index in [9.17, 15) is 18.4 Å². The molecule has 1 N–H and O–H groups in total. The number of pyridine rings is 1. The van der Waals surface area contributed by atoms with Gasteiger partial charge in [0.15, 0.2) is 5.69 Å². The molecule has 0 unspecified atom stereocenters. The molecule has 0 radical (unpaired) electrons. The number of methoxy groups -OCH3 is 1. The summed E-state index contributed by atoms with van der Waals surface area (Å²) in [6.07, 6.45) is 3.53. The van der Waals surface area contributed by atoms with E-state index in [1.165, 1.54) is 24.0 Å². The largest absolute Gasteiger partial charge is 0.497 e. The predicted molar refractivity (Wildman–Crippen MR) is 182 cm³/mol. The first-order valence-electron chi connectivity index (χ1n) is 16.2. The molecule has 15 heteroatoms. The average molecular weight is 694 g/mol. The lowest BCUT2D eigenvalue weighted by atomic mass is 10.1. The summed E-state index contributed by atoms with van der Waals surface area (Å²) in [7, 11) is 3.64. The normalized spacial score (nSPS) is 13.7. The maximum atomic E-state index is 13.9. The summed E-state index contributed by atoms with van der Waals surface area (Å²) in [6.45, 7) is 5.78. The Bertz CT molecular complexity index is 1780. The zero-order chi connectivity index (χ0) is 35.8. The number of carbonyl (C=O) groups excluding carboxylic acids is 2. The van der Waals surface area contributed by atoms with Gasteiger partial charge in [0.1, 0.15) is 23.7 Å². The minimum atomic E-state index is -3.09. The lowest BCUT2D eigenvalue weighted by Gasteiger charge is -2.26. The molecule has 4 aromatic rings. The van der Waals surface area contributed by atoms with E-state index in [-0.39, 0.29) is 47.6 Å². The van der Waals surface area contributed by atoms with Crippen LogP contribution in [-0.2, 0) is 11.3 Å². The molecule has 0 saturated carbocycles. The Morgan fingerprint density at radius 2 is 1.82 bits per heavy atom. The second-order valence-electron chi connectivity index (χ2n) is 12.3. The number of carbonyl (C=O) groups is 2. The Kier molecular flexibility index (Phi) is 11.8. The zero-order valence-corrected chi connectivity index (χ0v) is 28.7. The van der Waals surface area contributed by atoms with Crippen molar-refractivity contribution in [3.63, 3.8) is 0 Å². The molecular formula is C35H41F2N7O6. The van der Waals surface area contributed by atoms with Crippen molar-refractivity contribution in [1.29, 1.82) is 0 Å². The quantitative estimate of drug-likeness (QED) is 0.181. The molecule has 0 aliphatic carbocycles. The maximum absolute atomic E-state index is 13.9. The summed E-state index contributed by atoms with van der Waals surface area (Å²) < 4.78 is 48.7. The number of alkyl halides is 2. The lowest BCUT2D eigenvalue weighted by Crippen LogP contribution is -2.30. The standard InChI is InChI=1S/C35H41F2N7O6/c1-22(2)20-48-31-23(3)33(50-35(36)37)38-18-27(31)32(45)39-28-17-25(9-12-30(28)43-14-6-13-42(4)15-16-43)44-19-29(40-41-44)34(46)49-21-24-7-10-26(47-5)11-8-24/h7-12,17-19,22,35H,6,13-16,20-21H2,1-5H3,(H,39,45). The number of esters is 1. The molecule has 1 fully saturated rings. The molecule has 2 aromatic heterocycles. The van der Waals surface area contributed by atoms with Gasteiger partial charge >= 0.3 is 12.6 Å². The number of benzene rings is 2. The van der Waals surface area contributed by atoms with Crippen molar-refractivity contribution in [1.82, 2.24) is 24.9 Å². The number of hydrogen-bond donors (Lipinski definition) is 1. The first-order valence-corrected chi connectivity index (χ1v) is 16.2.